The lowest BCUT2D eigenvalue weighted by atomic mass is 9.96. The van der Waals surface area contributed by atoms with Crippen LogP contribution in [0.2, 0.25) is 0 Å². The molecule has 138 valence electrons. The molecule has 1 aromatic heterocycles. The molecule has 0 spiro atoms. The topological polar surface area (TPSA) is 68.3 Å². The second kappa shape index (κ2) is 9.13. The van der Waals surface area contributed by atoms with E-state index in [0.29, 0.717) is 13.0 Å². The Bertz CT molecular complexity index is 670. The smallest absolute Gasteiger partial charge is 0.306 e. The van der Waals surface area contributed by atoms with Crippen LogP contribution in [-0.4, -0.2) is 23.4 Å². The first-order valence-electron chi connectivity index (χ1n) is 8.80. The molecule has 0 aliphatic rings. The van der Waals surface area contributed by atoms with Gasteiger partial charge in [-0.05, 0) is 24.1 Å². The number of carbonyl (C=O) groups is 2. The molecular weight excluding hydrogens is 328 g/mol. The largest absolute Gasteiger partial charge is 0.453 e. The van der Waals surface area contributed by atoms with E-state index in [0.717, 1.165) is 11.1 Å². The average Bonchev–Trinajstić information content (AvgIpc) is 2.63. The monoisotopic (exact) mass is 354 g/mol. The van der Waals surface area contributed by atoms with Crippen LogP contribution in [0, 0.1) is 5.41 Å². The first-order chi connectivity index (χ1) is 12.4. The summed E-state index contributed by atoms with van der Waals surface area (Å²) >= 11 is 0. The summed E-state index contributed by atoms with van der Waals surface area (Å²) in [5.41, 5.74) is 1.36. The Morgan fingerprint density at radius 1 is 1.04 bits per heavy atom. The number of nitrogens with one attached hydrogen (secondary N) is 1. The number of pyridine rings is 1. The van der Waals surface area contributed by atoms with E-state index < -0.39 is 11.5 Å². The van der Waals surface area contributed by atoms with Crippen molar-refractivity contribution in [3.63, 3.8) is 0 Å². The molecule has 26 heavy (non-hydrogen) atoms. The lowest BCUT2D eigenvalue weighted by molar-refractivity contribution is -0.147. The normalized spacial score (nSPS) is 12.3. The van der Waals surface area contributed by atoms with Crippen LogP contribution < -0.4 is 5.32 Å². The van der Waals surface area contributed by atoms with Crippen molar-refractivity contribution in [2.24, 2.45) is 5.41 Å². The molecule has 1 amide bonds. The number of amides is 1. The van der Waals surface area contributed by atoms with Crippen LogP contribution in [0.3, 0.4) is 0 Å². The minimum atomic E-state index is -0.462. The zero-order valence-corrected chi connectivity index (χ0v) is 15.6. The van der Waals surface area contributed by atoms with E-state index >= 15 is 0 Å². The van der Waals surface area contributed by atoms with Gasteiger partial charge >= 0.3 is 5.97 Å². The Morgan fingerprint density at radius 3 is 2.27 bits per heavy atom. The van der Waals surface area contributed by atoms with Gasteiger partial charge in [-0.25, -0.2) is 0 Å². The first-order valence-corrected chi connectivity index (χ1v) is 8.80. The Balaban J connectivity index is 1.92. The fourth-order valence-corrected chi connectivity index (χ4v) is 2.38. The van der Waals surface area contributed by atoms with Gasteiger partial charge in [0.15, 0.2) is 6.10 Å². The van der Waals surface area contributed by atoms with Crippen LogP contribution in [0.1, 0.15) is 50.8 Å². The molecule has 0 saturated heterocycles. The quantitative estimate of drug-likeness (QED) is 0.609. The third-order valence-electron chi connectivity index (χ3n) is 3.88. The number of benzene rings is 1. The maximum atomic E-state index is 12.3. The van der Waals surface area contributed by atoms with Crippen LogP contribution in [0.4, 0.5) is 0 Å². The van der Waals surface area contributed by atoms with Crippen molar-refractivity contribution < 1.29 is 14.3 Å². The minimum Gasteiger partial charge on any atom is -0.453 e. The number of esters is 1. The lowest BCUT2D eigenvalue weighted by Crippen LogP contribution is -2.35. The molecule has 1 heterocycles. The van der Waals surface area contributed by atoms with Crippen molar-refractivity contribution >= 4 is 11.9 Å². The molecule has 0 bridgehead atoms. The highest BCUT2D eigenvalue weighted by Crippen LogP contribution is 2.26. The molecule has 0 saturated carbocycles. The van der Waals surface area contributed by atoms with Crippen molar-refractivity contribution in [1.29, 1.82) is 0 Å². The van der Waals surface area contributed by atoms with Crippen molar-refractivity contribution in [1.82, 2.24) is 10.3 Å². The summed E-state index contributed by atoms with van der Waals surface area (Å²) in [6, 6.07) is 13.3. The van der Waals surface area contributed by atoms with Crippen LogP contribution >= 0.6 is 0 Å². The average molecular weight is 354 g/mol. The Hall–Kier alpha value is -2.69. The molecule has 5 nitrogen and oxygen atoms in total. The molecule has 1 N–H and O–H groups in total. The molecule has 1 unspecified atom stereocenters. The van der Waals surface area contributed by atoms with E-state index in [2.05, 4.69) is 10.3 Å². The molecule has 2 aromatic rings. The van der Waals surface area contributed by atoms with E-state index in [9.17, 15) is 9.59 Å². The second-order valence-corrected chi connectivity index (χ2v) is 7.17. The second-order valence-electron chi connectivity index (χ2n) is 7.17. The van der Waals surface area contributed by atoms with E-state index in [1.807, 2.05) is 63.2 Å². The number of hydrogen-bond acceptors (Lipinski definition) is 4. The van der Waals surface area contributed by atoms with Crippen molar-refractivity contribution in [2.75, 3.05) is 6.54 Å². The number of ether oxygens (including phenoxy) is 1. The number of hydrogen-bond donors (Lipinski definition) is 1. The van der Waals surface area contributed by atoms with Gasteiger partial charge in [-0.1, -0.05) is 51.1 Å². The van der Waals surface area contributed by atoms with Crippen LogP contribution in [0.5, 0.6) is 0 Å². The zero-order chi connectivity index (χ0) is 19.0. The fourth-order valence-electron chi connectivity index (χ4n) is 2.38. The van der Waals surface area contributed by atoms with Gasteiger partial charge in [0.25, 0.3) is 0 Å². The van der Waals surface area contributed by atoms with Gasteiger partial charge in [0, 0.05) is 36.3 Å². The third-order valence-corrected chi connectivity index (χ3v) is 3.88. The summed E-state index contributed by atoms with van der Waals surface area (Å²) in [5.74, 6) is -0.314. The predicted octanol–water partition coefficient (Wildman–Crippen LogP) is 3.66. The Kier molecular flexibility index (Phi) is 6.89. The lowest BCUT2D eigenvalue weighted by Gasteiger charge is -2.19. The molecule has 1 atom stereocenters. The standard InChI is InChI=1S/C21H26N2O3/c1-21(2,3)20(25)23-13-7-10-18(24)26-19(16-8-5-4-6-9-16)17-11-14-22-15-12-17/h4-6,8-9,11-12,14-15,19H,7,10,13H2,1-3H3,(H,23,25). The number of rotatable bonds is 7. The van der Waals surface area contributed by atoms with E-state index in [1.54, 1.807) is 12.4 Å². The third kappa shape index (κ3) is 5.99. The van der Waals surface area contributed by atoms with Gasteiger partial charge in [0.05, 0.1) is 0 Å². The van der Waals surface area contributed by atoms with Crippen molar-refractivity contribution in [3.05, 3.63) is 66.0 Å². The minimum absolute atomic E-state index is 0.0233. The van der Waals surface area contributed by atoms with Crippen molar-refractivity contribution in [3.8, 4) is 0 Å². The highest BCUT2D eigenvalue weighted by atomic mass is 16.5. The molecular formula is C21H26N2O3. The SMILES string of the molecule is CC(C)(C)C(=O)NCCCC(=O)OC(c1ccccc1)c1ccncc1. The Labute approximate surface area is 154 Å². The summed E-state index contributed by atoms with van der Waals surface area (Å²) in [4.78, 5) is 28.1. The molecule has 0 fully saturated rings. The highest BCUT2D eigenvalue weighted by Gasteiger charge is 2.21. The molecule has 1 aromatic carbocycles. The van der Waals surface area contributed by atoms with Crippen LogP contribution in [0.15, 0.2) is 54.9 Å². The summed E-state index contributed by atoms with van der Waals surface area (Å²) in [7, 11) is 0. The van der Waals surface area contributed by atoms with Gasteiger partial charge in [-0.2, -0.15) is 0 Å². The Morgan fingerprint density at radius 2 is 1.65 bits per heavy atom. The first kappa shape index (κ1) is 19.6. The summed E-state index contributed by atoms with van der Waals surface area (Å²) in [6.07, 6.45) is 3.69. The summed E-state index contributed by atoms with van der Waals surface area (Å²) in [6.45, 7) is 6.03. The van der Waals surface area contributed by atoms with Gasteiger partial charge < -0.3 is 10.1 Å². The molecule has 0 aliphatic heterocycles. The molecule has 5 heteroatoms. The van der Waals surface area contributed by atoms with Gasteiger partial charge in [0.1, 0.15) is 0 Å². The predicted molar refractivity (Wildman–Crippen MR) is 100 cm³/mol. The van der Waals surface area contributed by atoms with Crippen LogP contribution in [0.25, 0.3) is 0 Å². The van der Waals surface area contributed by atoms with E-state index in [4.69, 9.17) is 4.74 Å². The van der Waals surface area contributed by atoms with Crippen molar-refractivity contribution in [2.45, 2.75) is 39.7 Å². The molecule has 2 rings (SSSR count). The highest BCUT2D eigenvalue weighted by molar-refractivity contribution is 5.81. The summed E-state index contributed by atoms with van der Waals surface area (Å²) < 4.78 is 5.72. The maximum absolute atomic E-state index is 12.3. The van der Waals surface area contributed by atoms with Gasteiger partial charge in [0.2, 0.25) is 5.91 Å². The number of carbonyl (C=O) groups excluding carboxylic acids is 2. The fraction of sp³-hybridized carbons (Fsp3) is 0.381. The van der Waals surface area contributed by atoms with E-state index in [-0.39, 0.29) is 18.3 Å². The molecule has 0 radical (unpaired) electrons. The molecule has 0 aliphatic carbocycles. The summed E-state index contributed by atoms with van der Waals surface area (Å²) in [5, 5.41) is 2.84. The van der Waals surface area contributed by atoms with E-state index in [1.165, 1.54) is 0 Å². The zero-order valence-electron chi connectivity index (χ0n) is 15.6. The maximum Gasteiger partial charge on any atom is 0.306 e. The van der Waals surface area contributed by atoms with Gasteiger partial charge in [-0.15, -0.1) is 0 Å². The number of aromatic nitrogens is 1. The number of nitrogens with zero attached hydrogens (tertiary/aromatic N) is 1. The van der Waals surface area contributed by atoms with Crippen LogP contribution in [-0.2, 0) is 14.3 Å². The van der Waals surface area contributed by atoms with Gasteiger partial charge in [-0.3, -0.25) is 14.6 Å².